The van der Waals surface area contributed by atoms with Crippen LogP contribution in [-0.4, -0.2) is 33.2 Å². The molecule has 0 radical (unpaired) electrons. The molecule has 1 amide bonds. The molecule has 6 heteroatoms. The van der Waals surface area contributed by atoms with E-state index >= 15 is 0 Å². The molecule has 0 spiro atoms. The quantitative estimate of drug-likeness (QED) is 0.668. The summed E-state index contributed by atoms with van der Waals surface area (Å²) in [7, 11) is -3.15. The van der Waals surface area contributed by atoms with E-state index in [2.05, 4.69) is 19.2 Å². The van der Waals surface area contributed by atoms with Gasteiger partial charge in [0.25, 0.3) is 0 Å². The van der Waals surface area contributed by atoms with Gasteiger partial charge >= 0.3 is 0 Å². The number of rotatable bonds is 9. The third-order valence-corrected chi connectivity index (χ3v) is 6.69. The van der Waals surface area contributed by atoms with Crippen molar-refractivity contribution in [2.45, 2.75) is 46.0 Å². The highest BCUT2D eigenvalue weighted by atomic mass is 32.2. The van der Waals surface area contributed by atoms with E-state index in [1.165, 1.54) is 23.2 Å². The number of carbonyl (C=O) groups is 1. The molecule has 1 unspecified atom stereocenters. The maximum Gasteiger partial charge on any atom is 0.244 e. The van der Waals surface area contributed by atoms with Crippen molar-refractivity contribution in [2.24, 2.45) is 5.92 Å². The maximum atomic E-state index is 12.0. The van der Waals surface area contributed by atoms with Crippen LogP contribution in [0.2, 0.25) is 0 Å². The first-order valence-electron chi connectivity index (χ1n) is 9.52. The molecule has 0 aromatic heterocycles. The maximum absolute atomic E-state index is 12.0. The summed E-state index contributed by atoms with van der Waals surface area (Å²) >= 11 is 0. The Balaban J connectivity index is 1.87. The smallest absolute Gasteiger partial charge is 0.244 e. The number of nitrogens with one attached hydrogen (secondary N) is 1. The van der Waals surface area contributed by atoms with E-state index in [9.17, 15) is 13.2 Å². The van der Waals surface area contributed by atoms with E-state index in [0.717, 1.165) is 18.4 Å². The molecule has 26 heavy (non-hydrogen) atoms. The van der Waals surface area contributed by atoms with Crippen LogP contribution in [0.1, 0.15) is 51.5 Å². The van der Waals surface area contributed by atoms with E-state index in [1.807, 2.05) is 12.1 Å². The number of carbonyl (C=O) groups excluding carboxylic acids is 1. The number of hydrogen-bond acceptors (Lipinski definition) is 3. The number of anilines is 1. The third kappa shape index (κ3) is 5.87. The number of benzene rings is 1. The molecule has 1 aliphatic rings. The number of nitrogens with zero attached hydrogens (tertiary/aromatic N) is 1. The summed E-state index contributed by atoms with van der Waals surface area (Å²) in [5.74, 6) is 0.659. The van der Waals surface area contributed by atoms with Gasteiger partial charge in [-0.05, 0) is 42.5 Å². The molecule has 1 aromatic carbocycles. The summed E-state index contributed by atoms with van der Waals surface area (Å²) in [5.41, 5.74) is 1.56. The zero-order valence-electron chi connectivity index (χ0n) is 15.8. The van der Waals surface area contributed by atoms with Crippen LogP contribution in [0.4, 0.5) is 5.69 Å². The standard InChI is InChI=1S/C20H30N2O3S/c1-3-5-7-17(4-2)16-21-20(23)13-10-18-8-11-19(12-9-18)22-14-6-15-26(22,24)25/h8-13,17H,3-7,14-16H2,1-2H3,(H,21,23)/b13-10+. The molecule has 0 bridgehead atoms. The zero-order valence-corrected chi connectivity index (χ0v) is 16.6. The second-order valence-electron chi connectivity index (χ2n) is 6.83. The lowest BCUT2D eigenvalue weighted by Gasteiger charge is -2.16. The second-order valence-corrected chi connectivity index (χ2v) is 8.84. The topological polar surface area (TPSA) is 66.5 Å². The summed E-state index contributed by atoms with van der Waals surface area (Å²) in [6.07, 6.45) is 8.56. The van der Waals surface area contributed by atoms with Crippen molar-refractivity contribution in [3.8, 4) is 0 Å². The molecule has 5 nitrogen and oxygen atoms in total. The fourth-order valence-electron chi connectivity index (χ4n) is 3.10. The average Bonchev–Trinajstić information content (AvgIpc) is 2.99. The van der Waals surface area contributed by atoms with E-state index in [0.29, 0.717) is 31.1 Å². The Morgan fingerprint density at radius 1 is 1.27 bits per heavy atom. The van der Waals surface area contributed by atoms with Crippen molar-refractivity contribution in [3.05, 3.63) is 35.9 Å². The molecule has 1 atom stereocenters. The van der Waals surface area contributed by atoms with Gasteiger partial charge in [-0.25, -0.2) is 8.42 Å². The van der Waals surface area contributed by atoms with Crippen LogP contribution in [0.25, 0.3) is 6.08 Å². The minimum atomic E-state index is -3.15. The largest absolute Gasteiger partial charge is 0.352 e. The normalized spacial score (nSPS) is 17.5. The van der Waals surface area contributed by atoms with Gasteiger partial charge in [-0.1, -0.05) is 45.2 Å². The van der Waals surface area contributed by atoms with Gasteiger partial charge in [0.1, 0.15) is 0 Å². The SMILES string of the molecule is CCCCC(CC)CNC(=O)/C=C/c1ccc(N2CCCS2(=O)=O)cc1. The summed E-state index contributed by atoms with van der Waals surface area (Å²) < 4.78 is 25.3. The molecule has 1 N–H and O–H groups in total. The Labute approximate surface area is 157 Å². The monoisotopic (exact) mass is 378 g/mol. The molecule has 1 aromatic rings. The highest BCUT2D eigenvalue weighted by Gasteiger charge is 2.28. The molecule has 1 heterocycles. The second kappa shape index (κ2) is 9.76. The Hall–Kier alpha value is -1.82. The molecule has 0 saturated carbocycles. The minimum absolute atomic E-state index is 0.0915. The first-order valence-corrected chi connectivity index (χ1v) is 11.1. The van der Waals surface area contributed by atoms with Crippen LogP contribution in [0.5, 0.6) is 0 Å². The van der Waals surface area contributed by atoms with Gasteiger partial charge in [-0.2, -0.15) is 0 Å². The van der Waals surface area contributed by atoms with Crippen molar-refractivity contribution in [1.29, 1.82) is 0 Å². The highest BCUT2D eigenvalue weighted by Crippen LogP contribution is 2.24. The number of hydrogen-bond donors (Lipinski definition) is 1. The molecular formula is C20H30N2O3S. The highest BCUT2D eigenvalue weighted by molar-refractivity contribution is 7.93. The zero-order chi connectivity index (χ0) is 19.0. The third-order valence-electron chi connectivity index (χ3n) is 4.82. The van der Waals surface area contributed by atoms with Crippen LogP contribution in [0.3, 0.4) is 0 Å². The minimum Gasteiger partial charge on any atom is -0.352 e. The van der Waals surface area contributed by atoms with Crippen molar-refractivity contribution in [2.75, 3.05) is 23.1 Å². The molecule has 1 aliphatic heterocycles. The fraction of sp³-hybridized carbons (Fsp3) is 0.550. The van der Waals surface area contributed by atoms with Crippen LogP contribution in [0.15, 0.2) is 30.3 Å². The van der Waals surface area contributed by atoms with Gasteiger partial charge in [0.05, 0.1) is 11.4 Å². The Morgan fingerprint density at radius 2 is 2.00 bits per heavy atom. The van der Waals surface area contributed by atoms with E-state index in [-0.39, 0.29) is 11.7 Å². The summed E-state index contributed by atoms with van der Waals surface area (Å²) in [6.45, 7) is 5.59. The summed E-state index contributed by atoms with van der Waals surface area (Å²) in [4.78, 5) is 12.0. The van der Waals surface area contributed by atoms with E-state index < -0.39 is 10.0 Å². The predicted molar refractivity (Wildman–Crippen MR) is 108 cm³/mol. The van der Waals surface area contributed by atoms with Gasteiger partial charge in [0.2, 0.25) is 15.9 Å². The first-order chi connectivity index (χ1) is 12.5. The lowest BCUT2D eigenvalue weighted by atomic mass is 9.99. The van der Waals surface area contributed by atoms with Crippen molar-refractivity contribution in [1.82, 2.24) is 5.32 Å². The first kappa shape index (κ1) is 20.5. The molecule has 1 saturated heterocycles. The van der Waals surface area contributed by atoms with Crippen LogP contribution < -0.4 is 9.62 Å². The van der Waals surface area contributed by atoms with Crippen LogP contribution in [-0.2, 0) is 14.8 Å². The van der Waals surface area contributed by atoms with Gasteiger partial charge in [-0.15, -0.1) is 0 Å². The molecule has 1 fully saturated rings. The van der Waals surface area contributed by atoms with Crippen molar-refractivity contribution in [3.63, 3.8) is 0 Å². The number of sulfonamides is 1. The van der Waals surface area contributed by atoms with Crippen molar-refractivity contribution < 1.29 is 13.2 Å². The summed E-state index contributed by atoms with van der Waals surface area (Å²) in [5, 5.41) is 2.97. The van der Waals surface area contributed by atoms with Gasteiger partial charge < -0.3 is 5.32 Å². The fourth-order valence-corrected chi connectivity index (χ4v) is 4.66. The average molecular weight is 379 g/mol. The molecule has 144 valence electrons. The van der Waals surface area contributed by atoms with E-state index in [1.54, 1.807) is 18.2 Å². The number of unbranched alkanes of at least 4 members (excludes halogenated alkanes) is 1. The molecule has 0 aliphatic carbocycles. The van der Waals surface area contributed by atoms with Gasteiger partial charge in [0.15, 0.2) is 0 Å². The van der Waals surface area contributed by atoms with Gasteiger partial charge in [-0.3, -0.25) is 9.10 Å². The number of amides is 1. The van der Waals surface area contributed by atoms with Crippen LogP contribution >= 0.6 is 0 Å². The Morgan fingerprint density at radius 3 is 2.58 bits per heavy atom. The van der Waals surface area contributed by atoms with Gasteiger partial charge in [0, 0.05) is 19.2 Å². The Bertz CT molecular complexity index is 711. The Kier molecular flexibility index (Phi) is 7.69. The van der Waals surface area contributed by atoms with Crippen molar-refractivity contribution >= 4 is 27.7 Å². The van der Waals surface area contributed by atoms with E-state index in [4.69, 9.17) is 0 Å². The van der Waals surface area contributed by atoms with Crippen LogP contribution in [0, 0.1) is 5.92 Å². The lowest BCUT2D eigenvalue weighted by molar-refractivity contribution is -0.116. The molecule has 2 rings (SSSR count). The predicted octanol–water partition coefficient (Wildman–Crippen LogP) is 3.57. The molecular weight excluding hydrogens is 348 g/mol. The summed E-state index contributed by atoms with van der Waals surface area (Å²) in [6, 6.07) is 7.25. The lowest BCUT2D eigenvalue weighted by Crippen LogP contribution is -2.27.